The van der Waals surface area contributed by atoms with Crippen molar-refractivity contribution in [1.82, 2.24) is 19.7 Å². The van der Waals surface area contributed by atoms with Gasteiger partial charge in [-0.25, -0.2) is 9.78 Å². The van der Waals surface area contributed by atoms with Crippen LogP contribution in [0.2, 0.25) is 0 Å². The van der Waals surface area contributed by atoms with E-state index in [-0.39, 0.29) is 11.9 Å². The van der Waals surface area contributed by atoms with Gasteiger partial charge in [-0.15, -0.1) is 0 Å². The number of carboxylic acid groups (broad SMARTS) is 1. The Kier molecular flexibility index (Phi) is 6.88. The quantitative estimate of drug-likeness (QED) is 0.761. The van der Waals surface area contributed by atoms with E-state index < -0.39 is 6.09 Å². The molecule has 1 N–H and O–H groups in total. The van der Waals surface area contributed by atoms with Crippen LogP contribution in [-0.4, -0.2) is 95.7 Å². The van der Waals surface area contributed by atoms with Crippen molar-refractivity contribution in [2.24, 2.45) is 0 Å². The zero-order valence-electron chi connectivity index (χ0n) is 16.8. The van der Waals surface area contributed by atoms with E-state index in [0.29, 0.717) is 44.7 Å². The Morgan fingerprint density at radius 1 is 1.28 bits per heavy atom. The first-order valence-corrected chi connectivity index (χ1v) is 10.0. The first-order chi connectivity index (χ1) is 14.0. The number of aromatic nitrogens is 1. The summed E-state index contributed by atoms with van der Waals surface area (Å²) in [6.07, 6.45) is 2.94. The number of likely N-dealkylation sites (N-methyl/N-ethyl adjacent to an activating group) is 1. The molecule has 0 aromatic carbocycles. The van der Waals surface area contributed by atoms with Gasteiger partial charge < -0.3 is 24.7 Å². The molecule has 29 heavy (non-hydrogen) atoms. The average Bonchev–Trinajstić information content (AvgIpc) is 3.20. The van der Waals surface area contributed by atoms with Crippen molar-refractivity contribution in [3.8, 4) is 6.07 Å². The predicted molar refractivity (Wildman–Crippen MR) is 108 cm³/mol. The van der Waals surface area contributed by atoms with E-state index in [1.807, 2.05) is 18.0 Å². The number of nitriles is 1. The highest BCUT2D eigenvalue weighted by Gasteiger charge is 2.29. The number of rotatable bonds is 6. The third-order valence-electron chi connectivity index (χ3n) is 5.69. The second-order valence-corrected chi connectivity index (χ2v) is 7.67. The number of nitrogens with zero attached hydrogens (tertiary/aromatic N) is 6. The Labute approximate surface area is 171 Å². The molecule has 0 spiro atoms. The summed E-state index contributed by atoms with van der Waals surface area (Å²) < 4.78 is 0. The molecule has 0 radical (unpaired) electrons. The van der Waals surface area contributed by atoms with Crippen molar-refractivity contribution in [3.63, 3.8) is 0 Å². The van der Waals surface area contributed by atoms with Gasteiger partial charge >= 0.3 is 6.09 Å². The maximum atomic E-state index is 12.6. The topological polar surface area (TPSA) is 104 Å². The molecule has 2 aliphatic rings. The molecular formula is C20H28N6O3. The smallest absolute Gasteiger partial charge is 0.407 e. The molecule has 1 unspecified atom stereocenters. The first-order valence-electron chi connectivity index (χ1n) is 10.0. The largest absolute Gasteiger partial charge is 0.465 e. The second kappa shape index (κ2) is 9.56. The maximum absolute atomic E-state index is 12.6. The van der Waals surface area contributed by atoms with Crippen LogP contribution in [0.25, 0.3) is 0 Å². The SMILES string of the molecule is CN(CCC(=O)N1CCN(c2ccc(C#N)cn2)CC1)CC1CCCN1C(=O)O. The minimum absolute atomic E-state index is 0.0241. The lowest BCUT2D eigenvalue weighted by molar-refractivity contribution is -0.131. The Hall–Kier alpha value is -2.86. The highest BCUT2D eigenvalue weighted by Crippen LogP contribution is 2.18. The Morgan fingerprint density at radius 2 is 2.03 bits per heavy atom. The molecule has 0 saturated carbocycles. The number of piperazine rings is 1. The van der Waals surface area contributed by atoms with Crippen LogP contribution in [0.15, 0.2) is 18.3 Å². The van der Waals surface area contributed by atoms with Crippen molar-refractivity contribution in [2.75, 3.05) is 57.8 Å². The second-order valence-electron chi connectivity index (χ2n) is 7.67. The van der Waals surface area contributed by atoms with E-state index in [9.17, 15) is 14.7 Å². The number of hydrogen-bond acceptors (Lipinski definition) is 6. The van der Waals surface area contributed by atoms with Crippen molar-refractivity contribution in [2.45, 2.75) is 25.3 Å². The molecule has 2 saturated heterocycles. The molecule has 9 nitrogen and oxygen atoms in total. The third kappa shape index (κ3) is 5.35. The number of pyridine rings is 1. The van der Waals surface area contributed by atoms with Crippen LogP contribution in [0.4, 0.5) is 10.6 Å². The Morgan fingerprint density at radius 3 is 2.66 bits per heavy atom. The van der Waals surface area contributed by atoms with E-state index in [1.54, 1.807) is 12.3 Å². The highest BCUT2D eigenvalue weighted by molar-refractivity contribution is 5.76. The third-order valence-corrected chi connectivity index (χ3v) is 5.69. The van der Waals surface area contributed by atoms with E-state index in [2.05, 4.69) is 20.9 Å². The van der Waals surface area contributed by atoms with E-state index >= 15 is 0 Å². The van der Waals surface area contributed by atoms with E-state index in [4.69, 9.17) is 5.26 Å². The fourth-order valence-electron chi connectivity index (χ4n) is 4.00. The summed E-state index contributed by atoms with van der Waals surface area (Å²) in [6, 6.07) is 5.68. The van der Waals surface area contributed by atoms with Crippen molar-refractivity contribution in [3.05, 3.63) is 23.9 Å². The number of carbonyl (C=O) groups is 2. The summed E-state index contributed by atoms with van der Waals surface area (Å²) in [6.45, 7) is 4.63. The molecular weight excluding hydrogens is 372 g/mol. The van der Waals surface area contributed by atoms with Gasteiger partial charge in [-0.3, -0.25) is 4.79 Å². The van der Waals surface area contributed by atoms with Crippen LogP contribution < -0.4 is 4.90 Å². The lowest BCUT2D eigenvalue weighted by Crippen LogP contribution is -2.49. The fourth-order valence-corrected chi connectivity index (χ4v) is 4.00. The normalized spacial score (nSPS) is 19.5. The fraction of sp³-hybridized carbons (Fsp3) is 0.600. The monoisotopic (exact) mass is 400 g/mol. The minimum atomic E-state index is -0.855. The number of likely N-dealkylation sites (tertiary alicyclic amines) is 1. The molecule has 2 fully saturated rings. The first kappa shape index (κ1) is 20.9. The number of amides is 2. The van der Waals surface area contributed by atoms with Gasteiger partial charge in [-0.05, 0) is 32.0 Å². The van der Waals surface area contributed by atoms with Gasteiger partial charge in [-0.1, -0.05) is 0 Å². The van der Waals surface area contributed by atoms with Crippen LogP contribution in [0, 0.1) is 11.3 Å². The molecule has 1 aromatic heterocycles. The number of anilines is 1. The predicted octanol–water partition coefficient (Wildman–Crippen LogP) is 1.07. The molecule has 0 aliphatic carbocycles. The van der Waals surface area contributed by atoms with Crippen LogP contribution in [0.5, 0.6) is 0 Å². The number of hydrogen-bond donors (Lipinski definition) is 1. The van der Waals surface area contributed by atoms with Gasteiger partial charge in [0, 0.05) is 64.5 Å². The summed E-state index contributed by atoms with van der Waals surface area (Å²) >= 11 is 0. The van der Waals surface area contributed by atoms with Gasteiger partial charge in [0.05, 0.1) is 5.56 Å². The van der Waals surface area contributed by atoms with Crippen LogP contribution in [0.3, 0.4) is 0 Å². The van der Waals surface area contributed by atoms with Gasteiger partial charge in [0.15, 0.2) is 0 Å². The molecule has 1 aromatic rings. The Balaban J connectivity index is 1.40. The van der Waals surface area contributed by atoms with Gasteiger partial charge in [0.1, 0.15) is 11.9 Å². The van der Waals surface area contributed by atoms with Crippen molar-refractivity contribution >= 4 is 17.8 Å². The minimum Gasteiger partial charge on any atom is -0.465 e. The number of carbonyl (C=O) groups excluding carboxylic acids is 1. The van der Waals surface area contributed by atoms with Crippen LogP contribution in [-0.2, 0) is 4.79 Å². The summed E-state index contributed by atoms with van der Waals surface area (Å²) in [5.74, 6) is 0.959. The molecule has 3 heterocycles. The molecule has 3 rings (SSSR count). The van der Waals surface area contributed by atoms with E-state index in [1.165, 1.54) is 4.90 Å². The molecule has 2 aliphatic heterocycles. The zero-order valence-corrected chi connectivity index (χ0v) is 16.8. The van der Waals surface area contributed by atoms with Gasteiger partial charge in [-0.2, -0.15) is 5.26 Å². The van der Waals surface area contributed by atoms with Crippen molar-refractivity contribution < 1.29 is 14.7 Å². The average molecular weight is 400 g/mol. The maximum Gasteiger partial charge on any atom is 0.407 e. The molecule has 2 amide bonds. The molecule has 0 bridgehead atoms. The van der Waals surface area contributed by atoms with Crippen LogP contribution in [0.1, 0.15) is 24.8 Å². The molecule has 1 atom stereocenters. The summed E-state index contributed by atoms with van der Waals surface area (Å²) in [5.41, 5.74) is 0.538. The highest BCUT2D eigenvalue weighted by atomic mass is 16.4. The van der Waals surface area contributed by atoms with Gasteiger partial charge in [0.2, 0.25) is 5.91 Å². The van der Waals surface area contributed by atoms with Crippen LogP contribution >= 0.6 is 0 Å². The summed E-state index contributed by atoms with van der Waals surface area (Å²) in [5, 5.41) is 18.1. The van der Waals surface area contributed by atoms with Gasteiger partial charge in [0.25, 0.3) is 0 Å². The Bertz CT molecular complexity index is 754. The molecule has 156 valence electrons. The summed E-state index contributed by atoms with van der Waals surface area (Å²) in [4.78, 5) is 35.7. The zero-order chi connectivity index (χ0) is 20.8. The summed E-state index contributed by atoms with van der Waals surface area (Å²) in [7, 11) is 1.94. The lowest BCUT2D eigenvalue weighted by atomic mass is 10.2. The lowest BCUT2D eigenvalue weighted by Gasteiger charge is -2.35. The standard InChI is InChI=1S/C20H28N6O3/c1-23(15-17-3-2-7-26(17)20(28)29)8-6-19(27)25-11-9-24(10-12-25)18-5-4-16(13-21)14-22-18/h4-5,14,17H,2-3,6-12,15H2,1H3,(H,28,29). The molecule has 9 heteroatoms. The van der Waals surface area contributed by atoms with Crippen molar-refractivity contribution in [1.29, 1.82) is 5.26 Å². The van der Waals surface area contributed by atoms with E-state index in [0.717, 1.165) is 31.7 Å².